The van der Waals surface area contributed by atoms with E-state index in [0.717, 1.165) is 0 Å². The van der Waals surface area contributed by atoms with E-state index in [9.17, 15) is 4.79 Å². The molecule has 0 aliphatic carbocycles. The molecule has 0 aliphatic rings. The van der Waals surface area contributed by atoms with Gasteiger partial charge in [-0.1, -0.05) is 6.07 Å². The number of benzene rings is 1. The van der Waals surface area contributed by atoms with Crippen molar-refractivity contribution < 1.29 is 63.3 Å². The van der Waals surface area contributed by atoms with Gasteiger partial charge in [0.05, 0.1) is 12.7 Å². The second-order valence-electron chi connectivity index (χ2n) is 2.74. The Morgan fingerprint density at radius 3 is 2.75 bits per heavy atom. The Morgan fingerprint density at radius 1 is 1.44 bits per heavy atom. The molecule has 0 aliphatic heterocycles. The smallest absolute Gasteiger partial charge is 0.340 e. The summed E-state index contributed by atoms with van der Waals surface area (Å²) in [4.78, 5) is 12.5. The number of aromatic nitrogens is 3. The van der Waals surface area contributed by atoms with Gasteiger partial charge in [0, 0.05) is 53.8 Å². The van der Waals surface area contributed by atoms with Crippen LogP contribution in [0.1, 0.15) is 10.4 Å². The zero-order chi connectivity index (χ0) is 10.1. The van der Waals surface area contributed by atoms with Gasteiger partial charge in [0.2, 0.25) is 0 Å². The van der Waals surface area contributed by atoms with Crippen molar-refractivity contribution in [1.29, 1.82) is 0 Å². The Labute approximate surface area is 132 Å². The van der Waals surface area contributed by atoms with E-state index in [1.165, 1.54) is 11.9 Å². The summed E-state index contributed by atoms with van der Waals surface area (Å²) in [7, 11) is 4.86. The molecule has 1 heterocycles. The molecule has 81 valence electrons. The van der Waals surface area contributed by atoms with Gasteiger partial charge in [0.25, 0.3) is 0 Å². The van der Waals surface area contributed by atoms with Crippen LogP contribution in [0.15, 0.2) is 18.2 Å². The van der Waals surface area contributed by atoms with E-state index >= 15 is 0 Å². The summed E-state index contributed by atoms with van der Waals surface area (Å²) < 4.78 is 4.62. The molecule has 0 amide bonds. The summed E-state index contributed by atoms with van der Waals surface area (Å²) >= 11 is 0. The molecule has 0 spiro atoms. The van der Waals surface area contributed by atoms with Gasteiger partial charge >= 0.3 is 5.97 Å². The monoisotopic (exact) mass is 463 g/mol. The quantitative estimate of drug-likeness (QED) is 0.466. The van der Waals surface area contributed by atoms with Crippen LogP contribution in [-0.2, 0) is 58.5 Å². The number of ether oxygens (including phenoxy) is 1. The predicted molar refractivity (Wildman–Crippen MR) is 49.6 cm³/mol. The molecule has 0 N–H and O–H groups in total. The van der Waals surface area contributed by atoms with E-state index in [1.807, 2.05) is 0 Å². The summed E-state index contributed by atoms with van der Waals surface area (Å²) in [5, 5.41) is 7.95. The van der Waals surface area contributed by atoms with Gasteiger partial charge in [0.1, 0.15) is 11.0 Å². The second kappa shape index (κ2) is 6.48. The van der Waals surface area contributed by atoms with E-state index in [1.54, 1.807) is 18.2 Å². The van der Waals surface area contributed by atoms with Gasteiger partial charge in [-0.2, -0.15) is 10.2 Å². The maximum atomic E-state index is 11.3. The number of esters is 1. The molecular weight excluding hydrogens is 455 g/mol. The first-order chi connectivity index (χ1) is 6.72. The van der Waals surface area contributed by atoms with E-state index < -0.39 is 5.97 Å². The van der Waals surface area contributed by atoms with Crippen LogP contribution in [0.3, 0.4) is 0 Å². The van der Waals surface area contributed by atoms with Crippen LogP contribution in [0.5, 0.6) is 0 Å². The van der Waals surface area contributed by atoms with Crippen molar-refractivity contribution in [3.05, 3.63) is 30.8 Å². The van der Waals surface area contributed by atoms with E-state index in [0.29, 0.717) is 16.6 Å². The van der Waals surface area contributed by atoms with Crippen LogP contribution in [0.4, 0.5) is 0 Å². The first kappa shape index (κ1) is 15.8. The molecule has 1 aromatic carbocycles. The van der Waals surface area contributed by atoms with Crippen LogP contribution in [0.25, 0.3) is 11.0 Å². The molecule has 0 atom stereocenters. The first-order valence-electron chi connectivity index (χ1n) is 3.97. The van der Waals surface area contributed by atoms with Crippen molar-refractivity contribution in [3.8, 4) is 0 Å². The largest absolute Gasteiger partial charge is 0.465 e. The minimum Gasteiger partial charge on any atom is -0.465 e. The fourth-order valence-electron chi connectivity index (χ4n) is 1.25. The average Bonchev–Trinajstić information content (AvgIpc) is 2.56. The average molecular weight is 463 g/mol. The van der Waals surface area contributed by atoms with Crippen LogP contribution in [0.2, 0.25) is 0 Å². The summed E-state index contributed by atoms with van der Waals surface area (Å²) in [5.74, 6) is -0.420. The number of rotatable bonds is 1. The molecular formula is C9H8N3O2WY-. The van der Waals surface area contributed by atoms with Crippen molar-refractivity contribution in [3.63, 3.8) is 0 Å². The van der Waals surface area contributed by atoms with Crippen LogP contribution < -0.4 is 0 Å². The second-order valence-corrected chi connectivity index (χ2v) is 2.74. The summed E-state index contributed by atoms with van der Waals surface area (Å²) in [6.07, 6.45) is 0. The van der Waals surface area contributed by atoms with Crippen molar-refractivity contribution >= 4 is 17.0 Å². The molecule has 5 nitrogen and oxygen atoms in total. The minimum atomic E-state index is -0.420. The minimum absolute atomic E-state index is 0. The molecule has 16 heavy (non-hydrogen) atoms. The van der Waals surface area contributed by atoms with Crippen molar-refractivity contribution in [2.24, 2.45) is 0 Å². The van der Waals surface area contributed by atoms with Gasteiger partial charge in [-0.25, -0.2) is 4.79 Å². The third kappa shape index (κ3) is 2.90. The summed E-state index contributed by atoms with van der Waals surface area (Å²) in [5.41, 5.74) is 1.54. The molecule has 0 unspecified atom stereocenters. The maximum Gasteiger partial charge on any atom is 0.340 e. The van der Waals surface area contributed by atoms with Crippen LogP contribution >= 0.6 is 0 Å². The zero-order valence-electron chi connectivity index (χ0n) is 8.58. The topological polar surface area (TPSA) is 57.0 Å². The third-order valence-electron chi connectivity index (χ3n) is 1.86. The Morgan fingerprint density at radius 2 is 2.12 bits per heavy atom. The Hall–Kier alpha value is -0.248. The molecule has 1 radical (unpaired) electrons. The fraction of sp³-hybridized carbons (Fsp3) is 0.111. The standard InChI is InChI=1S/C9H8N3O2.W.Y/c1-12-10-7-5-3-4-6(8(7)11-12)9(13)14-2;;/h3-5H,1H2,2H3;;/q-1;;. The van der Waals surface area contributed by atoms with Crippen molar-refractivity contribution in [2.45, 2.75) is 0 Å². The van der Waals surface area contributed by atoms with E-state index in [4.69, 9.17) is 0 Å². The number of nitrogens with zero attached hydrogens (tertiary/aromatic N) is 3. The van der Waals surface area contributed by atoms with Gasteiger partial charge in [-0.05, 0) is 12.1 Å². The molecule has 0 fully saturated rings. The van der Waals surface area contributed by atoms with Crippen molar-refractivity contribution in [1.82, 2.24) is 15.0 Å². The van der Waals surface area contributed by atoms with Gasteiger partial charge in [-0.15, -0.1) is 0 Å². The number of carbonyl (C=O) groups is 1. The van der Waals surface area contributed by atoms with E-state index in [-0.39, 0.29) is 53.8 Å². The maximum absolute atomic E-state index is 11.3. The SMILES string of the molecule is [CH2-]n1nc2cccc(C(=O)OC)c2n1.[W].[Y]. The Balaban J connectivity index is 0.00000112. The Kier molecular flexibility index (Phi) is 6.38. The normalized spacial score (nSPS) is 9.06. The van der Waals surface area contributed by atoms with Gasteiger partial charge in [0.15, 0.2) is 0 Å². The predicted octanol–water partition coefficient (Wildman–Crippen LogP) is 0.853. The molecule has 2 aromatic rings. The molecule has 2 rings (SSSR count). The number of carbonyl (C=O) groups excluding carboxylic acids is 1. The van der Waals surface area contributed by atoms with Crippen molar-refractivity contribution in [2.75, 3.05) is 7.11 Å². The van der Waals surface area contributed by atoms with Gasteiger partial charge in [-0.3, -0.25) is 7.05 Å². The molecule has 7 heteroatoms. The summed E-state index contributed by atoms with van der Waals surface area (Å²) in [6, 6.07) is 5.13. The van der Waals surface area contributed by atoms with Gasteiger partial charge < -0.3 is 9.53 Å². The molecule has 0 saturated heterocycles. The number of hydrogen-bond donors (Lipinski definition) is 0. The number of fused-ring (bicyclic) bond motifs is 1. The first-order valence-corrected chi connectivity index (χ1v) is 3.97. The molecule has 0 saturated carbocycles. The number of methoxy groups -OCH3 is 1. The van der Waals surface area contributed by atoms with E-state index in [2.05, 4.69) is 22.0 Å². The Bertz CT molecular complexity index is 500. The zero-order valence-corrected chi connectivity index (χ0v) is 14.4. The molecule has 0 bridgehead atoms. The molecule has 1 aromatic heterocycles. The summed E-state index contributed by atoms with van der Waals surface area (Å²) in [6.45, 7) is 0. The van der Waals surface area contributed by atoms with Crippen LogP contribution in [-0.4, -0.2) is 28.1 Å². The third-order valence-corrected chi connectivity index (χ3v) is 1.86. The number of hydrogen-bond acceptors (Lipinski definition) is 4. The fourth-order valence-corrected chi connectivity index (χ4v) is 1.25. The van der Waals surface area contributed by atoms with Crippen LogP contribution in [0, 0.1) is 7.05 Å².